The van der Waals surface area contributed by atoms with E-state index in [0.717, 1.165) is 24.2 Å². The molecule has 0 aliphatic carbocycles. The second-order valence-electron chi connectivity index (χ2n) is 8.45. The summed E-state index contributed by atoms with van der Waals surface area (Å²) in [5.41, 5.74) is 3.59. The van der Waals surface area contributed by atoms with E-state index in [1.165, 1.54) is 6.07 Å². The van der Waals surface area contributed by atoms with E-state index in [-0.39, 0.29) is 17.4 Å². The molecular weight excluding hydrogens is 428 g/mol. The van der Waals surface area contributed by atoms with Gasteiger partial charge in [0.2, 0.25) is 0 Å². The highest BCUT2D eigenvalue weighted by molar-refractivity contribution is 6.04. The predicted molar refractivity (Wildman–Crippen MR) is 131 cm³/mol. The number of para-hydroxylation sites is 1. The van der Waals surface area contributed by atoms with Crippen molar-refractivity contribution in [2.45, 2.75) is 12.5 Å². The number of carbonyl (C=O) groups is 2. The lowest BCUT2D eigenvalue weighted by Gasteiger charge is -2.30. The van der Waals surface area contributed by atoms with Gasteiger partial charge >= 0.3 is 0 Å². The maximum Gasteiger partial charge on any atom is 0.254 e. The Morgan fingerprint density at radius 3 is 2.65 bits per heavy atom. The van der Waals surface area contributed by atoms with Gasteiger partial charge in [0.05, 0.1) is 5.69 Å². The van der Waals surface area contributed by atoms with Crippen molar-refractivity contribution >= 4 is 29.1 Å². The molecule has 0 radical (unpaired) electrons. The topological polar surface area (TPSA) is 85.8 Å². The molecule has 0 bridgehead atoms. The van der Waals surface area contributed by atoms with Gasteiger partial charge in [-0.1, -0.05) is 30.4 Å². The Kier molecular flexibility index (Phi) is 6.10. The SMILES string of the molecule is O=C(c1ccncc1)C1CNCCCN1C(=O)c1ccc(N2CC=Cc3ccccc32)c(O)c1. The molecule has 1 atom stereocenters. The maximum atomic E-state index is 13.5. The zero-order chi connectivity index (χ0) is 23.5. The molecule has 0 saturated carbocycles. The second-order valence-corrected chi connectivity index (χ2v) is 8.45. The van der Waals surface area contributed by atoms with Gasteiger partial charge in [-0.3, -0.25) is 14.6 Å². The standard InChI is InChI=1S/C27H26N4O3/c32-25-17-21(8-9-23(25)30-15-3-6-19-5-1-2-7-22(19)30)27(34)31-16-4-12-29-18-24(31)26(33)20-10-13-28-14-11-20/h1-3,5-11,13-14,17,24,29,32H,4,12,15-16,18H2. The van der Waals surface area contributed by atoms with Gasteiger partial charge in [0.25, 0.3) is 5.91 Å². The average molecular weight is 455 g/mol. The Morgan fingerprint density at radius 2 is 1.82 bits per heavy atom. The third kappa shape index (κ3) is 4.18. The summed E-state index contributed by atoms with van der Waals surface area (Å²) in [6, 6.07) is 15.7. The largest absolute Gasteiger partial charge is 0.506 e. The lowest BCUT2D eigenvalue weighted by molar-refractivity contribution is 0.0626. The smallest absolute Gasteiger partial charge is 0.254 e. The summed E-state index contributed by atoms with van der Waals surface area (Å²) >= 11 is 0. The molecule has 7 heteroatoms. The van der Waals surface area contributed by atoms with Gasteiger partial charge in [0, 0.05) is 48.8 Å². The second kappa shape index (κ2) is 9.49. The predicted octanol–water partition coefficient (Wildman–Crippen LogP) is 3.64. The molecule has 1 amide bonds. The van der Waals surface area contributed by atoms with Crippen LogP contribution in [0.25, 0.3) is 6.08 Å². The summed E-state index contributed by atoms with van der Waals surface area (Å²) in [5.74, 6) is -0.361. The molecule has 2 aliphatic rings. The molecule has 1 fully saturated rings. The maximum absolute atomic E-state index is 13.5. The van der Waals surface area contributed by atoms with E-state index in [2.05, 4.69) is 16.4 Å². The number of fused-ring (bicyclic) bond motifs is 1. The number of phenols is 1. The van der Waals surface area contributed by atoms with Crippen LogP contribution in [-0.2, 0) is 0 Å². The fourth-order valence-electron chi connectivity index (χ4n) is 4.60. The van der Waals surface area contributed by atoms with Crippen LogP contribution in [0.5, 0.6) is 5.75 Å². The molecule has 0 spiro atoms. The first-order valence-corrected chi connectivity index (χ1v) is 11.5. The number of phenolic OH excluding ortho intramolecular Hbond substituents is 1. The number of amides is 1. The monoisotopic (exact) mass is 454 g/mol. The lowest BCUT2D eigenvalue weighted by Crippen LogP contribution is -2.48. The van der Waals surface area contributed by atoms with Crippen LogP contribution in [0, 0.1) is 0 Å². The molecule has 2 aromatic carbocycles. The minimum absolute atomic E-state index is 0.0286. The first kappa shape index (κ1) is 21.9. The number of hydrogen-bond acceptors (Lipinski definition) is 6. The molecule has 7 nitrogen and oxygen atoms in total. The number of benzene rings is 2. The normalized spacial score (nSPS) is 17.7. The van der Waals surface area contributed by atoms with E-state index < -0.39 is 6.04 Å². The number of ketones is 1. The lowest BCUT2D eigenvalue weighted by atomic mass is 10.0. The number of aromatic nitrogens is 1. The van der Waals surface area contributed by atoms with Gasteiger partial charge in [-0.2, -0.15) is 0 Å². The van der Waals surface area contributed by atoms with E-state index in [0.29, 0.717) is 36.4 Å². The van der Waals surface area contributed by atoms with Crippen molar-refractivity contribution in [2.24, 2.45) is 0 Å². The van der Waals surface area contributed by atoms with Gasteiger partial charge < -0.3 is 20.2 Å². The molecule has 3 aromatic rings. The molecule has 2 N–H and O–H groups in total. The highest BCUT2D eigenvalue weighted by Crippen LogP contribution is 2.38. The molecule has 5 rings (SSSR count). The fourth-order valence-corrected chi connectivity index (χ4v) is 4.60. The summed E-state index contributed by atoms with van der Waals surface area (Å²) in [4.78, 5) is 34.4. The molecular formula is C27H26N4O3. The van der Waals surface area contributed by atoms with Crippen molar-refractivity contribution in [3.8, 4) is 5.75 Å². The van der Waals surface area contributed by atoms with E-state index in [1.54, 1.807) is 41.6 Å². The number of nitrogens with zero attached hydrogens (tertiary/aromatic N) is 3. The minimum atomic E-state index is -0.627. The Hall–Kier alpha value is -3.97. The van der Waals surface area contributed by atoms with Crippen molar-refractivity contribution in [2.75, 3.05) is 31.1 Å². The van der Waals surface area contributed by atoms with Crippen LogP contribution in [0.1, 0.15) is 32.7 Å². The number of rotatable bonds is 4. The van der Waals surface area contributed by atoms with Gasteiger partial charge in [-0.25, -0.2) is 0 Å². The van der Waals surface area contributed by atoms with Crippen molar-refractivity contribution in [3.05, 3.63) is 89.8 Å². The Bertz CT molecular complexity index is 1240. The van der Waals surface area contributed by atoms with Gasteiger partial charge in [0.1, 0.15) is 11.8 Å². The minimum Gasteiger partial charge on any atom is -0.506 e. The number of nitrogens with one attached hydrogen (secondary N) is 1. The van der Waals surface area contributed by atoms with E-state index >= 15 is 0 Å². The van der Waals surface area contributed by atoms with Crippen LogP contribution >= 0.6 is 0 Å². The van der Waals surface area contributed by atoms with Crippen LogP contribution < -0.4 is 10.2 Å². The van der Waals surface area contributed by atoms with Crippen molar-refractivity contribution in [3.63, 3.8) is 0 Å². The van der Waals surface area contributed by atoms with Crippen molar-refractivity contribution < 1.29 is 14.7 Å². The van der Waals surface area contributed by atoms with E-state index in [1.807, 2.05) is 35.2 Å². The summed E-state index contributed by atoms with van der Waals surface area (Å²) in [5, 5.41) is 14.2. The van der Waals surface area contributed by atoms with Crippen molar-refractivity contribution in [1.82, 2.24) is 15.2 Å². The molecule has 1 aromatic heterocycles. The van der Waals surface area contributed by atoms with Gasteiger partial charge in [0.15, 0.2) is 5.78 Å². The first-order chi connectivity index (χ1) is 16.6. The summed E-state index contributed by atoms with van der Waals surface area (Å²) in [6.07, 6.45) is 8.00. The van der Waals surface area contributed by atoms with Crippen LogP contribution in [0.15, 0.2) is 73.1 Å². The van der Waals surface area contributed by atoms with Crippen LogP contribution in [0.4, 0.5) is 11.4 Å². The summed E-state index contributed by atoms with van der Waals surface area (Å²) in [6.45, 7) is 2.20. The zero-order valence-corrected chi connectivity index (χ0v) is 18.7. The van der Waals surface area contributed by atoms with Crippen LogP contribution in [0.2, 0.25) is 0 Å². The van der Waals surface area contributed by atoms with Crippen molar-refractivity contribution in [1.29, 1.82) is 0 Å². The molecule has 2 aliphatic heterocycles. The molecule has 1 unspecified atom stereocenters. The summed E-state index contributed by atoms with van der Waals surface area (Å²) < 4.78 is 0. The Morgan fingerprint density at radius 1 is 1.00 bits per heavy atom. The van der Waals surface area contributed by atoms with Gasteiger partial charge in [-0.05, 0) is 54.9 Å². The molecule has 34 heavy (non-hydrogen) atoms. The van der Waals surface area contributed by atoms with Crippen LogP contribution in [-0.4, -0.2) is 58.9 Å². The third-order valence-electron chi connectivity index (χ3n) is 6.32. The first-order valence-electron chi connectivity index (χ1n) is 11.5. The number of Topliss-reactive ketones (excluding diaryl/α,β-unsaturated/α-hetero) is 1. The van der Waals surface area contributed by atoms with Crippen LogP contribution in [0.3, 0.4) is 0 Å². The highest BCUT2D eigenvalue weighted by Gasteiger charge is 2.32. The van der Waals surface area contributed by atoms with E-state index in [4.69, 9.17) is 0 Å². The Labute approximate surface area is 198 Å². The molecule has 1 saturated heterocycles. The number of aromatic hydroxyl groups is 1. The zero-order valence-electron chi connectivity index (χ0n) is 18.7. The number of hydrogen-bond donors (Lipinski definition) is 2. The highest BCUT2D eigenvalue weighted by atomic mass is 16.3. The average Bonchev–Trinajstić information content (AvgIpc) is 3.14. The molecule has 172 valence electrons. The summed E-state index contributed by atoms with van der Waals surface area (Å²) in [7, 11) is 0. The fraction of sp³-hybridized carbons (Fsp3) is 0.222. The number of pyridine rings is 1. The number of anilines is 2. The van der Waals surface area contributed by atoms with Gasteiger partial charge in [-0.15, -0.1) is 0 Å². The quantitative estimate of drug-likeness (QED) is 0.586. The molecule has 3 heterocycles. The number of carbonyl (C=O) groups excluding carboxylic acids is 2. The third-order valence-corrected chi connectivity index (χ3v) is 6.32. The van der Waals surface area contributed by atoms with E-state index in [9.17, 15) is 14.7 Å². The Balaban J connectivity index is 1.43.